The van der Waals surface area contributed by atoms with Gasteiger partial charge < -0.3 is 4.74 Å². The van der Waals surface area contributed by atoms with E-state index in [1.54, 1.807) is 7.11 Å². The zero-order valence-corrected chi connectivity index (χ0v) is 18.1. The molecule has 0 radical (unpaired) electrons. The monoisotopic (exact) mass is 432 g/mol. The molecule has 0 saturated carbocycles. The molecule has 0 aliphatic carbocycles. The Bertz CT molecular complexity index is 1150. The number of hydrogen-bond acceptors (Lipinski definition) is 2. The van der Waals surface area contributed by atoms with Crippen molar-refractivity contribution in [3.8, 4) is 28.0 Å². The minimum absolute atomic E-state index is 0.384. The van der Waals surface area contributed by atoms with Crippen molar-refractivity contribution in [2.75, 3.05) is 7.11 Å². The van der Waals surface area contributed by atoms with Crippen molar-refractivity contribution in [3.63, 3.8) is 0 Å². The van der Waals surface area contributed by atoms with Crippen molar-refractivity contribution in [1.29, 1.82) is 0 Å². The van der Waals surface area contributed by atoms with Crippen molar-refractivity contribution < 1.29 is 8.95 Å². The average molecular weight is 433 g/mol. The standard InChI is InChI=1S/C26H21ClO2S/c1-29-26-16-11-22(21-7-12-24(27)13-8-21)17-23(26)18-30(28)25-14-9-20(10-15-25)19-5-3-2-4-6-19/h2-17H,18H2,1H3. The van der Waals surface area contributed by atoms with Gasteiger partial charge in [0, 0.05) is 15.5 Å². The van der Waals surface area contributed by atoms with Gasteiger partial charge in [-0.05, 0) is 58.7 Å². The van der Waals surface area contributed by atoms with E-state index in [1.165, 1.54) is 0 Å². The molecule has 150 valence electrons. The van der Waals surface area contributed by atoms with Crippen LogP contribution in [-0.4, -0.2) is 11.3 Å². The van der Waals surface area contributed by atoms with Crippen LogP contribution in [0.25, 0.3) is 22.3 Å². The van der Waals surface area contributed by atoms with E-state index in [1.807, 2.05) is 84.9 Å². The smallest absolute Gasteiger partial charge is 0.123 e. The van der Waals surface area contributed by atoms with E-state index in [9.17, 15) is 4.21 Å². The van der Waals surface area contributed by atoms with Crippen LogP contribution in [0, 0.1) is 0 Å². The molecular weight excluding hydrogens is 412 g/mol. The largest absolute Gasteiger partial charge is 0.496 e. The summed E-state index contributed by atoms with van der Waals surface area (Å²) in [6.45, 7) is 0. The number of ether oxygens (including phenoxy) is 1. The van der Waals surface area contributed by atoms with Gasteiger partial charge in [-0.3, -0.25) is 4.21 Å². The lowest BCUT2D eigenvalue weighted by Crippen LogP contribution is -2.00. The quantitative estimate of drug-likeness (QED) is 0.328. The fourth-order valence-corrected chi connectivity index (χ4v) is 4.61. The van der Waals surface area contributed by atoms with Crippen LogP contribution in [0.5, 0.6) is 5.75 Å². The highest BCUT2D eigenvalue weighted by atomic mass is 35.5. The second-order valence-corrected chi connectivity index (χ2v) is 8.80. The lowest BCUT2D eigenvalue weighted by molar-refractivity contribution is 0.411. The molecule has 1 unspecified atom stereocenters. The summed E-state index contributed by atoms with van der Waals surface area (Å²) in [5, 5.41) is 0.701. The molecular formula is C26H21ClO2S. The van der Waals surface area contributed by atoms with Gasteiger partial charge in [-0.15, -0.1) is 0 Å². The Kier molecular flexibility index (Phi) is 6.32. The lowest BCUT2D eigenvalue weighted by atomic mass is 10.0. The molecule has 2 nitrogen and oxygen atoms in total. The van der Waals surface area contributed by atoms with Gasteiger partial charge in [-0.1, -0.05) is 72.3 Å². The summed E-state index contributed by atoms with van der Waals surface area (Å²) in [4.78, 5) is 0.800. The van der Waals surface area contributed by atoms with Crippen LogP contribution in [0.15, 0.2) is 102 Å². The van der Waals surface area contributed by atoms with Crippen LogP contribution in [-0.2, 0) is 16.6 Å². The summed E-state index contributed by atoms with van der Waals surface area (Å²) in [6.07, 6.45) is 0. The second-order valence-electron chi connectivity index (χ2n) is 6.91. The molecule has 4 heteroatoms. The first kappa shape index (κ1) is 20.4. The number of hydrogen-bond donors (Lipinski definition) is 0. The van der Waals surface area contributed by atoms with Gasteiger partial charge in [0.15, 0.2) is 0 Å². The van der Waals surface area contributed by atoms with E-state index in [0.717, 1.165) is 38.5 Å². The van der Waals surface area contributed by atoms with Crippen molar-refractivity contribution in [2.45, 2.75) is 10.6 Å². The first-order valence-electron chi connectivity index (χ1n) is 9.61. The first-order chi connectivity index (χ1) is 14.6. The molecule has 1 atom stereocenters. The van der Waals surface area contributed by atoms with E-state index in [2.05, 4.69) is 12.1 Å². The molecule has 0 aliphatic heterocycles. The summed E-state index contributed by atoms with van der Waals surface area (Å²) < 4.78 is 18.6. The fraction of sp³-hybridized carbons (Fsp3) is 0.0769. The third kappa shape index (κ3) is 4.64. The van der Waals surface area contributed by atoms with E-state index in [-0.39, 0.29) is 0 Å². The highest BCUT2D eigenvalue weighted by molar-refractivity contribution is 7.84. The normalized spacial score (nSPS) is 11.8. The maximum Gasteiger partial charge on any atom is 0.123 e. The third-order valence-electron chi connectivity index (χ3n) is 4.97. The maximum absolute atomic E-state index is 13.1. The molecule has 4 aromatic rings. The van der Waals surface area contributed by atoms with Gasteiger partial charge >= 0.3 is 0 Å². The van der Waals surface area contributed by atoms with Crippen molar-refractivity contribution >= 4 is 22.4 Å². The molecule has 0 aliphatic rings. The molecule has 30 heavy (non-hydrogen) atoms. The molecule has 0 amide bonds. The van der Waals surface area contributed by atoms with Gasteiger partial charge in [-0.2, -0.15) is 0 Å². The third-order valence-corrected chi connectivity index (χ3v) is 6.59. The summed E-state index contributed by atoms with van der Waals surface area (Å²) >= 11 is 6.00. The topological polar surface area (TPSA) is 26.3 Å². The number of benzene rings is 4. The number of methoxy groups -OCH3 is 1. The van der Waals surface area contributed by atoms with Crippen LogP contribution >= 0.6 is 11.6 Å². The summed E-state index contributed by atoms with van der Waals surface area (Å²) in [5.41, 5.74) is 5.27. The fourth-order valence-electron chi connectivity index (χ4n) is 3.37. The highest BCUT2D eigenvalue weighted by Gasteiger charge is 2.12. The van der Waals surface area contributed by atoms with E-state index < -0.39 is 10.8 Å². The zero-order chi connectivity index (χ0) is 20.9. The molecule has 0 bridgehead atoms. The summed E-state index contributed by atoms with van der Waals surface area (Å²) in [7, 11) is 0.457. The second kappa shape index (κ2) is 9.29. The van der Waals surface area contributed by atoms with E-state index in [0.29, 0.717) is 10.8 Å². The molecule has 0 fully saturated rings. The van der Waals surface area contributed by atoms with Crippen molar-refractivity contribution in [3.05, 3.63) is 108 Å². The first-order valence-corrected chi connectivity index (χ1v) is 11.3. The van der Waals surface area contributed by atoms with Gasteiger partial charge in [-0.25, -0.2) is 0 Å². The van der Waals surface area contributed by atoms with Gasteiger partial charge in [0.1, 0.15) is 5.75 Å². The molecule has 0 aromatic heterocycles. The van der Waals surface area contributed by atoms with Gasteiger partial charge in [0.05, 0.1) is 23.7 Å². The van der Waals surface area contributed by atoms with Crippen LogP contribution in [0.1, 0.15) is 5.56 Å². The Morgan fingerprint density at radius 2 is 1.30 bits per heavy atom. The molecule has 0 N–H and O–H groups in total. The maximum atomic E-state index is 13.1. The minimum atomic E-state index is -1.18. The minimum Gasteiger partial charge on any atom is -0.496 e. The number of halogens is 1. The SMILES string of the molecule is COc1ccc(-c2ccc(Cl)cc2)cc1CS(=O)c1ccc(-c2ccccc2)cc1. The van der Waals surface area contributed by atoms with Crippen LogP contribution < -0.4 is 4.74 Å². The van der Waals surface area contributed by atoms with Crippen molar-refractivity contribution in [2.24, 2.45) is 0 Å². The Balaban J connectivity index is 1.57. The summed E-state index contributed by atoms with van der Waals surface area (Å²) in [6, 6.07) is 31.7. The average Bonchev–Trinajstić information content (AvgIpc) is 2.80. The van der Waals surface area contributed by atoms with Crippen LogP contribution in [0.4, 0.5) is 0 Å². The molecule has 4 aromatic carbocycles. The van der Waals surface area contributed by atoms with Crippen LogP contribution in [0.3, 0.4) is 0 Å². The molecule has 0 saturated heterocycles. The predicted molar refractivity (Wildman–Crippen MR) is 125 cm³/mol. The molecule has 4 rings (SSSR count). The van der Waals surface area contributed by atoms with Gasteiger partial charge in [0.25, 0.3) is 0 Å². The highest BCUT2D eigenvalue weighted by Crippen LogP contribution is 2.30. The van der Waals surface area contributed by atoms with E-state index >= 15 is 0 Å². The zero-order valence-electron chi connectivity index (χ0n) is 16.5. The lowest BCUT2D eigenvalue weighted by Gasteiger charge is -2.12. The van der Waals surface area contributed by atoms with E-state index in [4.69, 9.17) is 16.3 Å². The predicted octanol–water partition coefficient (Wildman–Crippen LogP) is 6.99. The van der Waals surface area contributed by atoms with Crippen LogP contribution in [0.2, 0.25) is 5.02 Å². The Morgan fingerprint density at radius 3 is 1.97 bits per heavy atom. The van der Waals surface area contributed by atoms with Gasteiger partial charge in [0.2, 0.25) is 0 Å². The summed E-state index contributed by atoms with van der Waals surface area (Å²) in [5.74, 6) is 1.12. The Hall–Kier alpha value is -2.88. The van der Waals surface area contributed by atoms with Crippen molar-refractivity contribution in [1.82, 2.24) is 0 Å². The molecule has 0 heterocycles. The molecule has 0 spiro atoms. The Morgan fingerprint density at radius 1 is 0.733 bits per heavy atom. The Labute approximate surface area is 184 Å². The number of rotatable bonds is 6.